The van der Waals surface area contributed by atoms with Gasteiger partial charge in [-0.05, 0) is 46.6 Å². The Kier molecular flexibility index (Phi) is 4.73. The van der Waals surface area contributed by atoms with E-state index in [1.807, 2.05) is 6.92 Å². The Hall–Kier alpha value is -0.920. The van der Waals surface area contributed by atoms with Crippen molar-refractivity contribution < 1.29 is 4.39 Å². The Morgan fingerprint density at radius 1 is 1.60 bits per heavy atom. The molecule has 0 aliphatic heterocycles. The molecule has 0 spiro atoms. The molecule has 0 radical (unpaired) electrons. The molecule has 1 aromatic rings. The molecule has 0 aromatic heterocycles. The molecular weight excluding hydrogens is 259 g/mol. The van der Waals surface area contributed by atoms with E-state index in [1.54, 1.807) is 12.1 Å². The maximum absolute atomic E-state index is 13.2. The molecule has 0 fully saturated rings. The summed E-state index contributed by atoms with van der Waals surface area (Å²) in [6, 6.07) is 6.40. The third kappa shape index (κ3) is 3.29. The Labute approximate surface area is 97.2 Å². The molecule has 1 unspecified atom stereocenters. The maximum Gasteiger partial charge on any atom is 0.137 e. The van der Waals surface area contributed by atoms with Crippen molar-refractivity contribution >= 4 is 15.9 Å². The van der Waals surface area contributed by atoms with E-state index < -0.39 is 6.04 Å². The second-order valence-electron chi connectivity index (χ2n) is 3.19. The summed E-state index contributed by atoms with van der Waals surface area (Å²) in [5.74, 6) is -0.342. The SMILES string of the molecule is CCCNC(C#N)c1ccc(Br)c(F)c1. The van der Waals surface area contributed by atoms with Gasteiger partial charge in [0.05, 0.1) is 10.5 Å². The fourth-order valence-corrected chi connectivity index (χ4v) is 1.47. The second-order valence-corrected chi connectivity index (χ2v) is 4.04. The van der Waals surface area contributed by atoms with Gasteiger partial charge in [0, 0.05) is 0 Å². The number of hydrogen-bond donors (Lipinski definition) is 1. The molecule has 0 heterocycles. The van der Waals surface area contributed by atoms with Crippen LogP contribution in [0.4, 0.5) is 4.39 Å². The lowest BCUT2D eigenvalue weighted by molar-refractivity contribution is 0.597. The van der Waals surface area contributed by atoms with Gasteiger partial charge in [-0.25, -0.2) is 4.39 Å². The molecule has 0 saturated heterocycles. The van der Waals surface area contributed by atoms with Crippen molar-refractivity contribution in [2.24, 2.45) is 0 Å². The van der Waals surface area contributed by atoms with Crippen LogP contribution in [0.1, 0.15) is 24.9 Å². The largest absolute Gasteiger partial charge is 0.298 e. The normalized spacial score (nSPS) is 12.1. The van der Waals surface area contributed by atoms with E-state index in [0.717, 1.165) is 13.0 Å². The Morgan fingerprint density at radius 3 is 2.87 bits per heavy atom. The molecular formula is C11H12BrFN2. The fraction of sp³-hybridized carbons (Fsp3) is 0.364. The summed E-state index contributed by atoms with van der Waals surface area (Å²) in [6.07, 6.45) is 0.942. The molecule has 80 valence electrons. The average molecular weight is 271 g/mol. The van der Waals surface area contributed by atoms with Gasteiger partial charge < -0.3 is 0 Å². The first-order valence-electron chi connectivity index (χ1n) is 4.77. The predicted molar refractivity (Wildman–Crippen MR) is 60.7 cm³/mol. The quantitative estimate of drug-likeness (QED) is 0.913. The molecule has 1 N–H and O–H groups in total. The van der Waals surface area contributed by atoms with Gasteiger partial charge in [-0.3, -0.25) is 5.32 Å². The van der Waals surface area contributed by atoms with E-state index in [1.165, 1.54) is 6.07 Å². The highest BCUT2D eigenvalue weighted by molar-refractivity contribution is 9.10. The summed E-state index contributed by atoms with van der Waals surface area (Å²) in [5.41, 5.74) is 0.659. The first-order chi connectivity index (χ1) is 7.19. The highest BCUT2D eigenvalue weighted by atomic mass is 79.9. The lowest BCUT2D eigenvalue weighted by Crippen LogP contribution is -2.20. The zero-order valence-electron chi connectivity index (χ0n) is 8.43. The Balaban J connectivity index is 2.84. The van der Waals surface area contributed by atoms with Crippen molar-refractivity contribution in [1.29, 1.82) is 5.26 Å². The van der Waals surface area contributed by atoms with Gasteiger partial charge in [0.1, 0.15) is 11.9 Å². The summed E-state index contributed by atoms with van der Waals surface area (Å²) < 4.78 is 13.6. The number of nitriles is 1. The predicted octanol–water partition coefficient (Wildman–Crippen LogP) is 3.15. The maximum atomic E-state index is 13.2. The fourth-order valence-electron chi connectivity index (χ4n) is 1.22. The Bertz CT molecular complexity index is 373. The molecule has 1 rings (SSSR count). The smallest absolute Gasteiger partial charge is 0.137 e. The van der Waals surface area contributed by atoms with Crippen molar-refractivity contribution in [1.82, 2.24) is 5.32 Å². The molecule has 15 heavy (non-hydrogen) atoms. The number of benzene rings is 1. The van der Waals surface area contributed by atoms with Crippen LogP contribution in [0.2, 0.25) is 0 Å². The van der Waals surface area contributed by atoms with Crippen molar-refractivity contribution in [3.63, 3.8) is 0 Å². The molecule has 1 aromatic carbocycles. The van der Waals surface area contributed by atoms with Gasteiger partial charge >= 0.3 is 0 Å². The highest BCUT2D eigenvalue weighted by Crippen LogP contribution is 2.20. The zero-order valence-corrected chi connectivity index (χ0v) is 10.0. The van der Waals surface area contributed by atoms with Crippen molar-refractivity contribution in [3.8, 4) is 6.07 Å². The minimum atomic E-state index is -0.437. The molecule has 2 nitrogen and oxygen atoms in total. The molecule has 0 aliphatic carbocycles. The van der Waals surface area contributed by atoms with Gasteiger partial charge in [0.2, 0.25) is 0 Å². The first-order valence-corrected chi connectivity index (χ1v) is 5.56. The first kappa shape index (κ1) is 12.2. The molecule has 0 amide bonds. The minimum absolute atomic E-state index is 0.342. The number of nitrogens with zero attached hydrogens (tertiary/aromatic N) is 1. The van der Waals surface area contributed by atoms with Gasteiger partial charge in [-0.2, -0.15) is 5.26 Å². The number of halogens is 2. The van der Waals surface area contributed by atoms with Crippen LogP contribution in [0.15, 0.2) is 22.7 Å². The summed E-state index contributed by atoms with van der Waals surface area (Å²) in [4.78, 5) is 0. The average Bonchev–Trinajstić information content (AvgIpc) is 2.24. The van der Waals surface area contributed by atoms with Crippen LogP contribution in [-0.4, -0.2) is 6.54 Å². The third-order valence-corrected chi connectivity index (χ3v) is 2.65. The van der Waals surface area contributed by atoms with Crippen LogP contribution in [0, 0.1) is 17.1 Å². The summed E-state index contributed by atoms with van der Waals surface area (Å²) in [7, 11) is 0. The van der Waals surface area contributed by atoms with Crippen molar-refractivity contribution in [3.05, 3.63) is 34.1 Å². The van der Waals surface area contributed by atoms with E-state index in [4.69, 9.17) is 5.26 Å². The molecule has 1 atom stereocenters. The van der Waals surface area contributed by atoms with Crippen LogP contribution >= 0.6 is 15.9 Å². The lowest BCUT2D eigenvalue weighted by atomic mass is 10.1. The Morgan fingerprint density at radius 2 is 2.33 bits per heavy atom. The zero-order chi connectivity index (χ0) is 11.3. The topological polar surface area (TPSA) is 35.8 Å². The summed E-state index contributed by atoms with van der Waals surface area (Å²) in [6.45, 7) is 2.76. The van der Waals surface area contributed by atoms with Gasteiger partial charge in [0.15, 0.2) is 0 Å². The van der Waals surface area contributed by atoms with E-state index in [2.05, 4.69) is 27.3 Å². The number of nitrogens with one attached hydrogen (secondary N) is 1. The van der Waals surface area contributed by atoms with Gasteiger partial charge in [-0.1, -0.05) is 13.0 Å². The van der Waals surface area contributed by atoms with Crippen LogP contribution in [-0.2, 0) is 0 Å². The minimum Gasteiger partial charge on any atom is -0.298 e. The van der Waals surface area contributed by atoms with E-state index in [9.17, 15) is 4.39 Å². The van der Waals surface area contributed by atoms with E-state index in [0.29, 0.717) is 10.0 Å². The lowest BCUT2D eigenvalue weighted by Gasteiger charge is -2.11. The molecule has 4 heteroatoms. The summed E-state index contributed by atoms with van der Waals surface area (Å²) in [5, 5.41) is 12.0. The van der Waals surface area contributed by atoms with Crippen LogP contribution in [0.5, 0.6) is 0 Å². The van der Waals surface area contributed by atoms with Crippen LogP contribution in [0.25, 0.3) is 0 Å². The monoisotopic (exact) mass is 270 g/mol. The van der Waals surface area contributed by atoms with Crippen molar-refractivity contribution in [2.75, 3.05) is 6.54 Å². The number of rotatable bonds is 4. The van der Waals surface area contributed by atoms with Gasteiger partial charge in [0.25, 0.3) is 0 Å². The second kappa shape index (κ2) is 5.84. The molecule has 0 saturated carbocycles. The molecule has 0 aliphatic rings. The van der Waals surface area contributed by atoms with Gasteiger partial charge in [-0.15, -0.1) is 0 Å². The highest BCUT2D eigenvalue weighted by Gasteiger charge is 2.10. The van der Waals surface area contributed by atoms with E-state index in [-0.39, 0.29) is 5.82 Å². The third-order valence-electron chi connectivity index (χ3n) is 2.00. The molecule has 0 bridgehead atoms. The number of hydrogen-bond acceptors (Lipinski definition) is 2. The van der Waals surface area contributed by atoms with Crippen molar-refractivity contribution in [2.45, 2.75) is 19.4 Å². The van der Waals surface area contributed by atoms with Crippen LogP contribution in [0.3, 0.4) is 0 Å². The summed E-state index contributed by atoms with van der Waals surface area (Å²) >= 11 is 3.07. The standard InChI is InChI=1S/C11H12BrFN2/c1-2-5-15-11(7-14)8-3-4-9(12)10(13)6-8/h3-4,6,11,15H,2,5H2,1H3. The van der Waals surface area contributed by atoms with E-state index >= 15 is 0 Å². The van der Waals surface area contributed by atoms with Crippen LogP contribution < -0.4 is 5.32 Å².